The summed E-state index contributed by atoms with van der Waals surface area (Å²) in [5.74, 6) is -0.806. The fourth-order valence-corrected chi connectivity index (χ4v) is 0.605. The molecule has 0 bridgehead atoms. The van der Waals surface area contributed by atoms with Gasteiger partial charge in [0.25, 0.3) is 0 Å². The number of esters is 1. The minimum Gasteiger partial charge on any atom is -0.466 e. The maximum absolute atomic E-state index is 11.0. The zero-order valence-electron chi connectivity index (χ0n) is 8.16. The number of carbonyl (C=O) groups excluding carboxylic acids is 2. The fraction of sp³-hybridized carbons (Fsp3) is 0.556. The molecule has 0 saturated carbocycles. The monoisotopic (exact) mass is 185 g/mol. The largest absolute Gasteiger partial charge is 0.466 e. The first-order chi connectivity index (χ1) is 6.10. The van der Waals surface area contributed by atoms with Crippen LogP contribution in [-0.4, -0.2) is 25.0 Å². The molecule has 0 spiro atoms. The first kappa shape index (κ1) is 11.7. The minimum absolute atomic E-state index is 0.120. The Hall–Kier alpha value is -1.32. The van der Waals surface area contributed by atoms with E-state index >= 15 is 0 Å². The lowest BCUT2D eigenvalue weighted by Crippen LogP contribution is -2.30. The number of hydrogen-bond donors (Lipinski definition) is 1. The van der Waals surface area contributed by atoms with Crippen LogP contribution in [0.25, 0.3) is 0 Å². The third-order valence-electron chi connectivity index (χ3n) is 1.57. The summed E-state index contributed by atoms with van der Waals surface area (Å²) in [7, 11) is 1.26. The van der Waals surface area contributed by atoms with Crippen LogP contribution in [-0.2, 0) is 14.3 Å². The average Bonchev–Trinajstić information content (AvgIpc) is 2.13. The summed E-state index contributed by atoms with van der Waals surface area (Å²) < 4.78 is 4.33. The summed E-state index contributed by atoms with van der Waals surface area (Å²) in [5, 5.41) is 2.68. The number of hydrogen-bond acceptors (Lipinski definition) is 3. The molecule has 13 heavy (non-hydrogen) atoms. The van der Waals surface area contributed by atoms with E-state index in [4.69, 9.17) is 0 Å². The number of amides is 1. The Morgan fingerprint density at radius 2 is 2.08 bits per heavy atom. The van der Waals surface area contributed by atoms with E-state index in [1.165, 1.54) is 7.11 Å². The molecule has 0 rings (SSSR count). The molecule has 1 amide bonds. The summed E-state index contributed by atoms with van der Waals surface area (Å²) in [6, 6.07) is 0.120. The molecular formula is C9H15NO3. The molecular weight excluding hydrogens is 170 g/mol. The van der Waals surface area contributed by atoms with Crippen LogP contribution in [0.1, 0.15) is 20.3 Å². The Morgan fingerprint density at radius 1 is 1.46 bits per heavy atom. The predicted octanol–water partition coefficient (Wildman–Crippen LogP) is 0.630. The van der Waals surface area contributed by atoms with Crippen molar-refractivity contribution in [2.45, 2.75) is 26.3 Å². The van der Waals surface area contributed by atoms with Crippen LogP contribution >= 0.6 is 0 Å². The molecule has 0 radical (unpaired) electrons. The first-order valence-corrected chi connectivity index (χ1v) is 4.16. The highest BCUT2D eigenvalue weighted by molar-refractivity contribution is 5.94. The zero-order valence-corrected chi connectivity index (χ0v) is 8.16. The van der Waals surface area contributed by atoms with Crippen LogP contribution in [0, 0.1) is 0 Å². The third-order valence-corrected chi connectivity index (χ3v) is 1.57. The number of rotatable bonds is 4. The van der Waals surface area contributed by atoms with Crippen LogP contribution < -0.4 is 5.32 Å². The van der Waals surface area contributed by atoms with E-state index in [1.807, 2.05) is 13.8 Å². The highest BCUT2D eigenvalue weighted by Gasteiger charge is 2.01. The average molecular weight is 185 g/mol. The molecule has 1 atom stereocenters. The first-order valence-electron chi connectivity index (χ1n) is 4.16. The van der Waals surface area contributed by atoms with Crippen molar-refractivity contribution in [2.75, 3.05) is 7.11 Å². The van der Waals surface area contributed by atoms with Crippen LogP contribution in [0.3, 0.4) is 0 Å². The van der Waals surface area contributed by atoms with Gasteiger partial charge in [0.15, 0.2) is 0 Å². The van der Waals surface area contributed by atoms with Gasteiger partial charge in [-0.1, -0.05) is 6.92 Å². The summed E-state index contributed by atoms with van der Waals surface area (Å²) in [5.41, 5.74) is 0. The Bertz CT molecular complexity index is 211. The van der Waals surface area contributed by atoms with E-state index in [1.54, 1.807) is 0 Å². The molecule has 0 saturated heterocycles. The molecule has 0 aromatic rings. The van der Waals surface area contributed by atoms with Crippen molar-refractivity contribution in [1.82, 2.24) is 5.32 Å². The van der Waals surface area contributed by atoms with Crippen molar-refractivity contribution in [2.24, 2.45) is 0 Å². The predicted molar refractivity (Wildman–Crippen MR) is 49.1 cm³/mol. The van der Waals surface area contributed by atoms with Gasteiger partial charge in [0.2, 0.25) is 5.91 Å². The van der Waals surface area contributed by atoms with E-state index in [2.05, 4.69) is 10.1 Å². The van der Waals surface area contributed by atoms with Crippen LogP contribution in [0.4, 0.5) is 0 Å². The van der Waals surface area contributed by atoms with Gasteiger partial charge < -0.3 is 10.1 Å². The van der Waals surface area contributed by atoms with E-state index in [-0.39, 0.29) is 11.9 Å². The van der Waals surface area contributed by atoms with Gasteiger partial charge in [-0.05, 0) is 13.3 Å². The van der Waals surface area contributed by atoms with Gasteiger partial charge in [-0.3, -0.25) is 4.79 Å². The van der Waals surface area contributed by atoms with Crippen molar-refractivity contribution >= 4 is 11.9 Å². The standard InChI is InChI=1S/C9H15NO3/c1-4-7(2)10-8(11)5-6-9(12)13-3/h5-7H,4H2,1-3H3,(H,10,11). The number of methoxy groups -OCH3 is 1. The Balaban J connectivity index is 3.87. The smallest absolute Gasteiger partial charge is 0.330 e. The van der Waals surface area contributed by atoms with E-state index < -0.39 is 5.97 Å². The van der Waals surface area contributed by atoms with Gasteiger partial charge in [0, 0.05) is 18.2 Å². The van der Waals surface area contributed by atoms with E-state index in [0.29, 0.717) is 0 Å². The summed E-state index contributed by atoms with van der Waals surface area (Å²) >= 11 is 0. The molecule has 1 unspecified atom stereocenters. The summed E-state index contributed by atoms with van der Waals surface area (Å²) in [6.45, 7) is 3.86. The lowest BCUT2D eigenvalue weighted by Gasteiger charge is -2.07. The topological polar surface area (TPSA) is 55.4 Å². The molecule has 0 aliphatic rings. The van der Waals surface area contributed by atoms with Crippen LogP contribution in [0.15, 0.2) is 12.2 Å². The molecule has 4 heteroatoms. The Labute approximate surface area is 78.0 Å². The van der Waals surface area contributed by atoms with Crippen molar-refractivity contribution in [3.05, 3.63) is 12.2 Å². The van der Waals surface area contributed by atoms with Gasteiger partial charge in [-0.2, -0.15) is 0 Å². The lowest BCUT2D eigenvalue weighted by molar-refractivity contribution is -0.135. The molecule has 4 nitrogen and oxygen atoms in total. The maximum atomic E-state index is 11.0. The molecule has 0 fully saturated rings. The number of nitrogens with one attached hydrogen (secondary N) is 1. The number of ether oxygens (including phenoxy) is 1. The van der Waals surface area contributed by atoms with Gasteiger partial charge in [0.1, 0.15) is 0 Å². The highest BCUT2D eigenvalue weighted by Crippen LogP contribution is 1.88. The van der Waals surface area contributed by atoms with Gasteiger partial charge in [0.05, 0.1) is 7.11 Å². The zero-order chi connectivity index (χ0) is 10.3. The van der Waals surface area contributed by atoms with Gasteiger partial charge in [-0.15, -0.1) is 0 Å². The van der Waals surface area contributed by atoms with Crippen LogP contribution in [0.5, 0.6) is 0 Å². The minimum atomic E-state index is -0.528. The Kier molecular flexibility index (Phi) is 5.59. The summed E-state index contributed by atoms with van der Waals surface area (Å²) in [4.78, 5) is 21.6. The Morgan fingerprint density at radius 3 is 2.54 bits per heavy atom. The molecule has 1 N–H and O–H groups in total. The fourth-order valence-electron chi connectivity index (χ4n) is 0.605. The van der Waals surface area contributed by atoms with Gasteiger partial charge >= 0.3 is 5.97 Å². The quantitative estimate of drug-likeness (QED) is 0.516. The molecule has 0 heterocycles. The van der Waals surface area contributed by atoms with Crippen molar-refractivity contribution in [1.29, 1.82) is 0 Å². The maximum Gasteiger partial charge on any atom is 0.330 e. The second-order valence-electron chi connectivity index (χ2n) is 2.67. The van der Waals surface area contributed by atoms with E-state index in [0.717, 1.165) is 18.6 Å². The van der Waals surface area contributed by atoms with Crippen LogP contribution in [0.2, 0.25) is 0 Å². The normalized spacial score (nSPS) is 12.5. The number of carbonyl (C=O) groups is 2. The van der Waals surface area contributed by atoms with Gasteiger partial charge in [-0.25, -0.2) is 4.79 Å². The van der Waals surface area contributed by atoms with Crippen molar-refractivity contribution < 1.29 is 14.3 Å². The molecule has 74 valence electrons. The second kappa shape index (κ2) is 6.22. The van der Waals surface area contributed by atoms with E-state index in [9.17, 15) is 9.59 Å². The summed E-state index contributed by atoms with van der Waals surface area (Å²) in [6.07, 6.45) is 3.12. The third kappa shape index (κ3) is 5.90. The molecule has 0 aromatic heterocycles. The lowest BCUT2D eigenvalue weighted by atomic mass is 10.2. The van der Waals surface area contributed by atoms with Crippen molar-refractivity contribution in [3.8, 4) is 0 Å². The molecule has 0 aliphatic heterocycles. The molecule has 0 aromatic carbocycles. The second-order valence-corrected chi connectivity index (χ2v) is 2.67. The highest BCUT2D eigenvalue weighted by atomic mass is 16.5. The molecule has 0 aliphatic carbocycles. The van der Waals surface area contributed by atoms with Crippen molar-refractivity contribution in [3.63, 3.8) is 0 Å². The SMILES string of the molecule is CCC(C)NC(=O)C=CC(=O)OC.